The molecular weight excluding hydrogens is 328 g/mol. The Balaban J connectivity index is 2.14. The summed E-state index contributed by atoms with van der Waals surface area (Å²) in [6.45, 7) is 3.76. The topological polar surface area (TPSA) is 34.2 Å². The molecule has 2 aromatic rings. The largest absolute Gasteiger partial charge is 0.454 e. The zero-order valence-electron chi connectivity index (χ0n) is 10.5. The van der Waals surface area contributed by atoms with Crippen molar-refractivity contribution < 1.29 is 4.74 Å². The van der Waals surface area contributed by atoms with Gasteiger partial charge in [-0.05, 0) is 36.4 Å². The van der Waals surface area contributed by atoms with Crippen molar-refractivity contribution in [3.05, 3.63) is 51.7 Å². The van der Waals surface area contributed by atoms with Crippen molar-refractivity contribution in [3.63, 3.8) is 0 Å². The van der Waals surface area contributed by atoms with Gasteiger partial charge in [0, 0.05) is 17.2 Å². The molecule has 3 nitrogen and oxygen atoms in total. The summed E-state index contributed by atoms with van der Waals surface area (Å²) in [6.07, 6.45) is 3.49. The third kappa shape index (κ3) is 4.20. The van der Waals surface area contributed by atoms with E-state index in [4.69, 9.17) is 16.3 Å². The summed E-state index contributed by atoms with van der Waals surface area (Å²) >= 11 is 9.48. The molecule has 0 aliphatic heterocycles. The predicted molar refractivity (Wildman–Crippen MR) is 80.8 cm³/mol. The molecule has 0 saturated carbocycles. The average Bonchev–Trinajstić information content (AvgIpc) is 2.40. The van der Waals surface area contributed by atoms with Crippen LogP contribution >= 0.6 is 27.5 Å². The van der Waals surface area contributed by atoms with E-state index in [1.165, 1.54) is 0 Å². The second-order valence-corrected chi connectivity index (χ2v) is 5.31. The second-order valence-electron chi connectivity index (χ2n) is 3.99. The van der Waals surface area contributed by atoms with Gasteiger partial charge in [-0.1, -0.05) is 34.5 Å². The van der Waals surface area contributed by atoms with Crippen LogP contribution < -0.4 is 10.1 Å². The van der Waals surface area contributed by atoms with Gasteiger partial charge in [-0.15, -0.1) is 0 Å². The minimum absolute atomic E-state index is 0.562. The van der Waals surface area contributed by atoms with E-state index in [-0.39, 0.29) is 0 Å². The van der Waals surface area contributed by atoms with Crippen molar-refractivity contribution >= 4 is 27.5 Å². The molecule has 1 aromatic heterocycles. The van der Waals surface area contributed by atoms with Gasteiger partial charge in [0.1, 0.15) is 11.5 Å². The summed E-state index contributed by atoms with van der Waals surface area (Å²) in [4.78, 5) is 4.16. The van der Waals surface area contributed by atoms with Gasteiger partial charge >= 0.3 is 0 Å². The highest BCUT2D eigenvalue weighted by atomic mass is 79.9. The Labute approximate surface area is 126 Å². The van der Waals surface area contributed by atoms with E-state index in [0.717, 1.165) is 23.1 Å². The lowest BCUT2D eigenvalue weighted by atomic mass is 10.2. The third-order valence-electron chi connectivity index (χ3n) is 2.47. The van der Waals surface area contributed by atoms with Crippen molar-refractivity contribution in [3.8, 4) is 11.5 Å². The summed E-state index contributed by atoms with van der Waals surface area (Å²) in [5.41, 5.74) is 1.08. The van der Waals surface area contributed by atoms with Crippen LogP contribution in [0.5, 0.6) is 11.5 Å². The Morgan fingerprint density at radius 1 is 1.32 bits per heavy atom. The molecule has 1 heterocycles. The third-order valence-corrected chi connectivity index (χ3v) is 3.26. The highest BCUT2D eigenvalue weighted by Crippen LogP contribution is 2.31. The molecule has 1 N–H and O–H groups in total. The Morgan fingerprint density at radius 3 is 2.89 bits per heavy atom. The zero-order chi connectivity index (χ0) is 13.7. The van der Waals surface area contributed by atoms with E-state index in [0.29, 0.717) is 16.5 Å². The lowest BCUT2D eigenvalue weighted by Crippen LogP contribution is -2.11. The molecule has 1 aromatic carbocycles. The number of rotatable bonds is 5. The fraction of sp³-hybridized carbons (Fsp3) is 0.214. The van der Waals surface area contributed by atoms with Gasteiger partial charge < -0.3 is 10.1 Å². The van der Waals surface area contributed by atoms with Crippen LogP contribution in [-0.2, 0) is 6.54 Å². The number of aromatic nitrogens is 1. The lowest BCUT2D eigenvalue weighted by molar-refractivity contribution is 0.479. The summed E-state index contributed by atoms with van der Waals surface area (Å²) in [5.74, 6) is 1.30. The number of ether oxygens (including phenoxy) is 1. The first-order chi connectivity index (χ1) is 9.19. The minimum atomic E-state index is 0.562. The monoisotopic (exact) mass is 340 g/mol. The van der Waals surface area contributed by atoms with Gasteiger partial charge in [-0.2, -0.15) is 0 Å². The van der Waals surface area contributed by atoms with Crippen LogP contribution in [0.1, 0.15) is 12.5 Å². The van der Waals surface area contributed by atoms with Crippen molar-refractivity contribution in [2.24, 2.45) is 0 Å². The van der Waals surface area contributed by atoms with Crippen molar-refractivity contribution in [2.45, 2.75) is 13.5 Å². The molecule has 0 aliphatic carbocycles. The molecule has 100 valence electrons. The highest BCUT2D eigenvalue weighted by molar-refractivity contribution is 9.10. The smallest absolute Gasteiger partial charge is 0.146 e. The molecule has 0 fully saturated rings. The number of nitrogens with one attached hydrogen (secondary N) is 1. The fourth-order valence-electron chi connectivity index (χ4n) is 1.57. The lowest BCUT2D eigenvalue weighted by Gasteiger charge is -2.09. The van der Waals surface area contributed by atoms with Crippen molar-refractivity contribution in [1.82, 2.24) is 10.3 Å². The molecule has 0 aliphatic rings. The molecule has 5 heteroatoms. The summed E-state index contributed by atoms with van der Waals surface area (Å²) in [7, 11) is 0. The molecule has 19 heavy (non-hydrogen) atoms. The van der Waals surface area contributed by atoms with E-state index in [9.17, 15) is 0 Å². The van der Waals surface area contributed by atoms with Crippen molar-refractivity contribution in [2.75, 3.05) is 6.54 Å². The average molecular weight is 342 g/mol. The van der Waals surface area contributed by atoms with Crippen LogP contribution in [0.2, 0.25) is 5.02 Å². The fourth-order valence-corrected chi connectivity index (χ4v) is 2.28. The molecular formula is C14H14BrClN2O. The van der Waals surface area contributed by atoms with Gasteiger partial charge in [0.15, 0.2) is 0 Å². The highest BCUT2D eigenvalue weighted by Gasteiger charge is 2.05. The van der Waals surface area contributed by atoms with Crippen LogP contribution in [0.3, 0.4) is 0 Å². The first-order valence-electron chi connectivity index (χ1n) is 5.96. The molecule has 0 spiro atoms. The van der Waals surface area contributed by atoms with E-state index in [2.05, 4.69) is 33.2 Å². The van der Waals surface area contributed by atoms with Gasteiger partial charge in [0.25, 0.3) is 0 Å². The van der Waals surface area contributed by atoms with Gasteiger partial charge in [0.2, 0.25) is 0 Å². The Hall–Kier alpha value is -1.10. The first kappa shape index (κ1) is 14.3. The predicted octanol–water partition coefficient (Wildman–Crippen LogP) is 4.40. The number of pyridine rings is 1. The molecule has 0 amide bonds. The molecule has 0 saturated heterocycles. The number of benzene rings is 1. The number of nitrogens with zero attached hydrogens (tertiary/aromatic N) is 1. The molecule has 0 radical (unpaired) electrons. The Bertz CT molecular complexity index is 563. The summed E-state index contributed by atoms with van der Waals surface area (Å²) < 4.78 is 6.66. The van der Waals surface area contributed by atoms with Crippen LogP contribution in [0.4, 0.5) is 0 Å². The van der Waals surface area contributed by atoms with Gasteiger partial charge in [-0.3, -0.25) is 4.98 Å². The maximum Gasteiger partial charge on any atom is 0.146 e. The van der Waals surface area contributed by atoms with Crippen LogP contribution in [0, 0.1) is 0 Å². The second kappa shape index (κ2) is 6.89. The van der Waals surface area contributed by atoms with E-state index in [1.807, 2.05) is 24.4 Å². The number of hydrogen-bond donors (Lipinski definition) is 1. The standard InChI is InChI=1S/C14H14BrClN2O/c1-2-17-7-10-5-12(9-18-8-10)19-14-4-3-11(15)6-13(14)16/h3-6,8-9,17H,2,7H2,1H3. The summed E-state index contributed by atoms with van der Waals surface area (Å²) in [6, 6.07) is 7.46. The van der Waals surface area contributed by atoms with Gasteiger partial charge in [-0.25, -0.2) is 0 Å². The SMILES string of the molecule is CCNCc1cncc(Oc2ccc(Br)cc2Cl)c1. The molecule has 2 rings (SSSR count). The zero-order valence-corrected chi connectivity index (χ0v) is 12.8. The molecule has 0 unspecified atom stereocenters. The van der Waals surface area contributed by atoms with Crippen molar-refractivity contribution in [1.29, 1.82) is 0 Å². The van der Waals surface area contributed by atoms with E-state index < -0.39 is 0 Å². The van der Waals surface area contributed by atoms with E-state index in [1.54, 1.807) is 12.3 Å². The molecule has 0 atom stereocenters. The maximum atomic E-state index is 6.12. The summed E-state index contributed by atoms with van der Waals surface area (Å²) in [5, 5.41) is 3.81. The number of halogens is 2. The normalized spacial score (nSPS) is 10.5. The number of hydrogen-bond acceptors (Lipinski definition) is 3. The minimum Gasteiger partial charge on any atom is -0.454 e. The van der Waals surface area contributed by atoms with Crippen LogP contribution in [-0.4, -0.2) is 11.5 Å². The molecule has 0 bridgehead atoms. The first-order valence-corrected chi connectivity index (χ1v) is 7.13. The van der Waals surface area contributed by atoms with Gasteiger partial charge in [0.05, 0.1) is 11.2 Å². The quantitative estimate of drug-likeness (QED) is 0.875. The van der Waals surface area contributed by atoms with Crippen LogP contribution in [0.25, 0.3) is 0 Å². The Morgan fingerprint density at radius 2 is 2.16 bits per heavy atom. The van der Waals surface area contributed by atoms with E-state index >= 15 is 0 Å². The maximum absolute atomic E-state index is 6.12. The van der Waals surface area contributed by atoms with Crippen LogP contribution in [0.15, 0.2) is 41.1 Å². The Kier molecular flexibility index (Phi) is 5.19.